The second kappa shape index (κ2) is 5.54. The standard InChI is InChI=1S/C10H13NO2S/c12-10(13)11-9(7-14)6-8-4-2-1-3-5-8/h1-5,9,11,14H,6-7H2,(H,12,13). The molecule has 0 aliphatic rings. The van der Waals surface area contributed by atoms with E-state index in [1.165, 1.54) is 0 Å². The van der Waals surface area contributed by atoms with E-state index in [0.29, 0.717) is 12.2 Å². The maximum Gasteiger partial charge on any atom is 0.404 e. The molecular formula is C10H13NO2S. The SMILES string of the molecule is O=C(O)NC(CS)Cc1ccccc1. The molecule has 2 N–H and O–H groups in total. The van der Waals surface area contributed by atoms with Gasteiger partial charge in [-0.2, -0.15) is 12.6 Å². The van der Waals surface area contributed by atoms with Crippen molar-refractivity contribution in [1.82, 2.24) is 5.32 Å². The zero-order chi connectivity index (χ0) is 10.4. The molecule has 1 rings (SSSR count). The van der Waals surface area contributed by atoms with Crippen LogP contribution in [0.1, 0.15) is 5.56 Å². The van der Waals surface area contributed by atoms with Crippen LogP contribution in [0.25, 0.3) is 0 Å². The summed E-state index contributed by atoms with van der Waals surface area (Å²) in [6, 6.07) is 9.62. The minimum absolute atomic E-state index is 0.127. The lowest BCUT2D eigenvalue weighted by atomic mass is 10.1. The van der Waals surface area contributed by atoms with Crippen molar-refractivity contribution >= 4 is 18.7 Å². The molecule has 0 heterocycles. The maximum atomic E-state index is 10.4. The second-order valence-electron chi connectivity index (χ2n) is 3.02. The van der Waals surface area contributed by atoms with Gasteiger partial charge in [-0.15, -0.1) is 0 Å². The van der Waals surface area contributed by atoms with E-state index in [1.54, 1.807) is 0 Å². The first-order valence-electron chi connectivity index (χ1n) is 4.36. The zero-order valence-electron chi connectivity index (χ0n) is 7.68. The first kappa shape index (κ1) is 10.9. The fraction of sp³-hybridized carbons (Fsp3) is 0.300. The molecule has 0 saturated carbocycles. The predicted molar refractivity (Wildman–Crippen MR) is 58.9 cm³/mol. The molecule has 3 nitrogen and oxygen atoms in total. The molecule has 1 aromatic rings. The summed E-state index contributed by atoms with van der Waals surface area (Å²) < 4.78 is 0. The molecule has 0 bridgehead atoms. The Balaban J connectivity index is 2.53. The Morgan fingerprint density at radius 3 is 2.57 bits per heavy atom. The van der Waals surface area contributed by atoms with E-state index in [4.69, 9.17) is 5.11 Å². The minimum Gasteiger partial charge on any atom is -0.465 e. The highest BCUT2D eigenvalue weighted by Crippen LogP contribution is 2.04. The number of hydrogen-bond donors (Lipinski definition) is 3. The monoisotopic (exact) mass is 211 g/mol. The lowest BCUT2D eigenvalue weighted by Crippen LogP contribution is -2.36. The topological polar surface area (TPSA) is 49.3 Å². The molecule has 1 aromatic carbocycles. The lowest BCUT2D eigenvalue weighted by molar-refractivity contribution is 0.191. The van der Waals surface area contributed by atoms with Crippen LogP contribution in [0.4, 0.5) is 4.79 Å². The number of amides is 1. The van der Waals surface area contributed by atoms with Gasteiger partial charge in [-0.3, -0.25) is 0 Å². The third kappa shape index (κ3) is 3.70. The molecule has 14 heavy (non-hydrogen) atoms. The van der Waals surface area contributed by atoms with Gasteiger partial charge in [0.1, 0.15) is 0 Å². The van der Waals surface area contributed by atoms with Crippen molar-refractivity contribution in [1.29, 1.82) is 0 Å². The fourth-order valence-electron chi connectivity index (χ4n) is 1.23. The molecule has 0 saturated heterocycles. The zero-order valence-corrected chi connectivity index (χ0v) is 8.58. The summed E-state index contributed by atoms with van der Waals surface area (Å²) in [6.45, 7) is 0. The molecule has 1 atom stereocenters. The molecule has 0 fully saturated rings. The van der Waals surface area contributed by atoms with Gasteiger partial charge in [0.05, 0.1) is 0 Å². The number of carbonyl (C=O) groups is 1. The van der Waals surface area contributed by atoms with Crippen LogP contribution in [-0.2, 0) is 6.42 Å². The van der Waals surface area contributed by atoms with Crippen LogP contribution < -0.4 is 5.32 Å². The summed E-state index contributed by atoms with van der Waals surface area (Å²) in [6.07, 6.45) is -0.323. The van der Waals surface area contributed by atoms with Crippen molar-refractivity contribution < 1.29 is 9.90 Å². The van der Waals surface area contributed by atoms with E-state index in [1.807, 2.05) is 30.3 Å². The van der Waals surface area contributed by atoms with Gasteiger partial charge in [-0.25, -0.2) is 4.79 Å². The van der Waals surface area contributed by atoms with Crippen molar-refractivity contribution in [3.8, 4) is 0 Å². The van der Waals surface area contributed by atoms with Crippen LogP contribution >= 0.6 is 12.6 Å². The van der Waals surface area contributed by atoms with Gasteiger partial charge < -0.3 is 10.4 Å². The number of nitrogens with one attached hydrogen (secondary N) is 1. The first-order valence-corrected chi connectivity index (χ1v) is 5.00. The van der Waals surface area contributed by atoms with E-state index in [9.17, 15) is 4.79 Å². The van der Waals surface area contributed by atoms with Crippen LogP contribution in [-0.4, -0.2) is 23.0 Å². The maximum absolute atomic E-state index is 10.4. The molecule has 0 radical (unpaired) electrons. The molecule has 4 heteroatoms. The number of thiol groups is 1. The fourth-order valence-corrected chi connectivity index (χ4v) is 1.45. The highest BCUT2D eigenvalue weighted by atomic mass is 32.1. The van der Waals surface area contributed by atoms with E-state index in [-0.39, 0.29) is 6.04 Å². The van der Waals surface area contributed by atoms with Gasteiger partial charge in [-0.1, -0.05) is 30.3 Å². The number of benzene rings is 1. The van der Waals surface area contributed by atoms with Crippen LogP contribution in [0, 0.1) is 0 Å². The van der Waals surface area contributed by atoms with E-state index in [2.05, 4.69) is 17.9 Å². The van der Waals surface area contributed by atoms with Gasteiger partial charge >= 0.3 is 6.09 Å². The van der Waals surface area contributed by atoms with Gasteiger partial charge in [0.15, 0.2) is 0 Å². The summed E-state index contributed by atoms with van der Waals surface area (Å²) in [4.78, 5) is 10.4. The Bertz CT molecular complexity index is 289. The Morgan fingerprint density at radius 1 is 1.43 bits per heavy atom. The van der Waals surface area contributed by atoms with Gasteiger partial charge in [-0.05, 0) is 12.0 Å². The van der Waals surface area contributed by atoms with Crippen molar-refractivity contribution in [2.24, 2.45) is 0 Å². The van der Waals surface area contributed by atoms with Crippen molar-refractivity contribution in [3.05, 3.63) is 35.9 Å². The van der Waals surface area contributed by atoms with Crippen LogP contribution in [0.15, 0.2) is 30.3 Å². The largest absolute Gasteiger partial charge is 0.465 e. The van der Waals surface area contributed by atoms with Gasteiger partial charge in [0.25, 0.3) is 0 Å². The second-order valence-corrected chi connectivity index (χ2v) is 3.38. The normalized spacial score (nSPS) is 12.1. The quantitative estimate of drug-likeness (QED) is 0.665. The highest BCUT2D eigenvalue weighted by Gasteiger charge is 2.09. The first-order chi connectivity index (χ1) is 6.72. The smallest absolute Gasteiger partial charge is 0.404 e. The molecule has 1 amide bonds. The average molecular weight is 211 g/mol. The Labute approximate surface area is 88.6 Å². The highest BCUT2D eigenvalue weighted by molar-refractivity contribution is 7.80. The average Bonchev–Trinajstić information content (AvgIpc) is 2.17. The molecule has 1 unspecified atom stereocenters. The van der Waals surface area contributed by atoms with E-state index < -0.39 is 6.09 Å². The van der Waals surface area contributed by atoms with Crippen LogP contribution in [0.2, 0.25) is 0 Å². The Kier molecular flexibility index (Phi) is 4.32. The van der Waals surface area contributed by atoms with Crippen LogP contribution in [0.3, 0.4) is 0 Å². The summed E-state index contributed by atoms with van der Waals surface area (Å²) in [5.74, 6) is 0.501. The predicted octanol–water partition coefficient (Wildman–Crippen LogP) is 1.80. The number of carboxylic acid groups (broad SMARTS) is 1. The van der Waals surface area contributed by atoms with E-state index in [0.717, 1.165) is 5.56 Å². The lowest BCUT2D eigenvalue weighted by Gasteiger charge is -2.13. The molecule has 76 valence electrons. The Morgan fingerprint density at radius 2 is 2.07 bits per heavy atom. The molecule has 0 aromatic heterocycles. The van der Waals surface area contributed by atoms with Gasteiger partial charge in [0, 0.05) is 11.8 Å². The number of rotatable bonds is 4. The van der Waals surface area contributed by atoms with Gasteiger partial charge in [0.2, 0.25) is 0 Å². The minimum atomic E-state index is -1.00. The van der Waals surface area contributed by atoms with Crippen molar-refractivity contribution in [2.75, 3.05) is 5.75 Å². The molecule has 0 aliphatic carbocycles. The summed E-state index contributed by atoms with van der Waals surface area (Å²) in [5.41, 5.74) is 1.11. The molecule has 0 spiro atoms. The van der Waals surface area contributed by atoms with E-state index >= 15 is 0 Å². The summed E-state index contributed by atoms with van der Waals surface area (Å²) in [5, 5.41) is 11.0. The molecular weight excluding hydrogens is 198 g/mol. The van der Waals surface area contributed by atoms with Crippen molar-refractivity contribution in [3.63, 3.8) is 0 Å². The summed E-state index contributed by atoms with van der Waals surface area (Å²) >= 11 is 4.09. The third-order valence-electron chi connectivity index (χ3n) is 1.87. The van der Waals surface area contributed by atoms with Crippen molar-refractivity contribution in [2.45, 2.75) is 12.5 Å². The third-order valence-corrected chi connectivity index (χ3v) is 2.31. The number of hydrogen-bond acceptors (Lipinski definition) is 2. The molecule has 0 aliphatic heterocycles. The summed E-state index contributed by atoms with van der Waals surface area (Å²) in [7, 11) is 0. The Hall–Kier alpha value is -1.16. The van der Waals surface area contributed by atoms with Crippen LogP contribution in [0.5, 0.6) is 0 Å².